The van der Waals surface area contributed by atoms with Gasteiger partial charge in [0, 0.05) is 0 Å². The third-order valence-corrected chi connectivity index (χ3v) is 4.30. The van der Waals surface area contributed by atoms with Gasteiger partial charge in [0.2, 0.25) is 0 Å². The number of phenols is 2. The summed E-state index contributed by atoms with van der Waals surface area (Å²) in [7, 11) is 0. The van der Waals surface area contributed by atoms with Gasteiger partial charge < -0.3 is 26.2 Å². The van der Waals surface area contributed by atoms with Crippen molar-refractivity contribution in [1.29, 1.82) is 0 Å². The van der Waals surface area contributed by atoms with Crippen LogP contribution in [0.4, 0.5) is 0 Å². The first-order valence-electron chi connectivity index (χ1n) is 7.60. The van der Waals surface area contributed by atoms with Crippen molar-refractivity contribution in [2.24, 2.45) is 5.73 Å². The topological polar surface area (TPSA) is 141 Å². The molecule has 0 atom stereocenters. The van der Waals surface area contributed by atoms with Crippen LogP contribution in [0, 0.1) is 0 Å². The van der Waals surface area contributed by atoms with Crippen molar-refractivity contribution in [3.8, 4) is 11.5 Å². The zero-order chi connectivity index (χ0) is 20.3. The second-order valence-electron chi connectivity index (χ2n) is 5.51. The first-order valence-corrected chi connectivity index (χ1v) is 8.35. The molecule has 0 amide bonds. The maximum Gasteiger partial charge on any atom is 0.339 e. The number of benzene rings is 2. The molecule has 7 nitrogen and oxygen atoms in total. The molecule has 0 radical (unpaired) electrons. The van der Waals surface area contributed by atoms with Gasteiger partial charge in [-0.2, -0.15) is 0 Å². The lowest BCUT2D eigenvalue weighted by molar-refractivity contribution is 0.0682. The Labute approximate surface area is 163 Å². The fraction of sp³-hybridized carbons (Fsp3) is 0.111. The first-order chi connectivity index (χ1) is 12.7. The van der Waals surface area contributed by atoms with Gasteiger partial charge in [-0.25, -0.2) is 9.59 Å². The predicted octanol–water partition coefficient (Wildman–Crippen LogP) is 3.58. The summed E-state index contributed by atoms with van der Waals surface area (Å²) in [6, 6.07) is 5.08. The molecule has 0 heterocycles. The molecule has 142 valence electrons. The molecular formula is C18H15Cl2NO6. The molecular weight excluding hydrogens is 397 g/mol. The van der Waals surface area contributed by atoms with Gasteiger partial charge in [-0.1, -0.05) is 29.3 Å². The van der Waals surface area contributed by atoms with E-state index in [1.165, 1.54) is 24.3 Å². The van der Waals surface area contributed by atoms with E-state index in [2.05, 4.69) is 0 Å². The number of carboxylic acid groups (broad SMARTS) is 2. The van der Waals surface area contributed by atoms with Crippen LogP contribution in [0.1, 0.15) is 38.3 Å². The molecule has 0 unspecified atom stereocenters. The summed E-state index contributed by atoms with van der Waals surface area (Å²) < 4.78 is 0. The Morgan fingerprint density at radius 1 is 0.889 bits per heavy atom. The van der Waals surface area contributed by atoms with Gasteiger partial charge in [-0.15, -0.1) is 0 Å². The molecule has 2 aromatic rings. The Morgan fingerprint density at radius 3 is 1.63 bits per heavy atom. The monoisotopic (exact) mass is 411 g/mol. The minimum atomic E-state index is -1.38. The fourth-order valence-corrected chi connectivity index (χ4v) is 2.90. The average Bonchev–Trinajstić information content (AvgIpc) is 2.60. The number of hydrogen-bond donors (Lipinski definition) is 5. The SMILES string of the molecule is NCCC=C(c1cc(Cl)c(O)c(C(=O)O)c1)c1cc(Cl)c(O)c(C(=O)O)c1. The van der Waals surface area contributed by atoms with Crippen LogP contribution < -0.4 is 5.73 Å². The van der Waals surface area contributed by atoms with Crippen LogP contribution >= 0.6 is 23.2 Å². The summed E-state index contributed by atoms with van der Waals surface area (Å²) in [6.45, 7) is 0.276. The molecule has 0 aliphatic heterocycles. The van der Waals surface area contributed by atoms with Gasteiger partial charge in [-0.3, -0.25) is 0 Å². The van der Waals surface area contributed by atoms with Gasteiger partial charge >= 0.3 is 11.9 Å². The molecule has 2 aromatic carbocycles. The zero-order valence-corrected chi connectivity index (χ0v) is 15.3. The Bertz CT molecular complexity index is 884. The molecule has 27 heavy (non-hydrogen) atoms. The van der Waals surface area contributed by atoms with E-state index in [1.54, 1.807) is 6.08 Å². The molecule has 0 aromatic heterocycles. The van der Waals surface area contributed by atoms with Crippen LogP contribution in [-0.4, -0.2) is 38.9 Å². The normalized spacial score (nSPS) is 10.5. The van der Waals surface area contributed by atoms with Crippen LogP contribution in [0.25, 0.3) is 5.57 Å². The van der Waals surface area contributed by atoms with Crippen molar-refractivity contribution in [3.05, 3.63) is 62.6 Å². The lowest BCUT2D eigenvalue weighted by Crippen LogP contribution is -2.03. The Kier molecular flexibility index (Phi) is 6.32. The third kappa shape index (κ3) is 4.33. The van der Waals surface area contributed by atoms with Crippen LogP contribution in [0.5, 0.6) is 11.5 Å². The van der Waals surface area contributed by atoms with Crippen LogP contribution in [0.2, 0.25) is 10.0 Å². The average molecular weight is 412 g/mol. The van der Waals surface area contributed by atoms with Crippen LogP contribution in [0.3, 0.4) is 0 Å². The van der Waals surface area contributed by atoms with Gasteiger partial charge in [0.25, 0.3) is 0 Å². The van der Waals surface area contributed by atoms with E-state index in [0.29, 0.717) is 23.1 Å². The van der Waals surface area contributed by atoms with E-state index in [4.69, 9.17) is 28.9 Å². The molecule has 0 saturated carbocycles. The highest BCUT2D eigenvalue weighted by Crippen LogP contribution is 2.37. The third-order valence-electron chi connectivity index (χ3n) is 3.72. The van der Waals surface area contributed by atoms with E-state index in [-0.39, 0.29) is 16.6 Å². The van der Waals surface area contributed by atoms with Crippen molar-refractivity contribution in [3.63, 3.8) is 0 Å². The second-order valence-corrected chi connectivity index (χ2v) is 6.33. The summed E-state index contributed by atoms with van der Waals surface area (Å²) in [4.78, 5) is 22.7. The maximum absolute atomic E-state index is 11.4. The summed E-state index contributed by atoms with van der Waals surface area (Å²) in [5, 5.41) is 37.8. The Balaban J connectivity index is 2.76. The van der Waals surface area contributed by atoms with Crippen molar-refractivity contribution in [2.45, 2.75) is 6.42 Å². The summed E-state index contributed by atoms with van der Waals surface area (Å²) in [5.41, 5.74) is 5.71. The number of aromatic carboxylic acids is 2. The van der Waals surface area contributed by atoms with E-state index < -0.39 is 34.6 Å². The van der Waals surface area contributed by atoms with Crippen molar-refractivity contribution >= 4 is 40.7 Å². The Hall–Kier alpha value is -2.74. The lowest BCUT2D eigenvalue weighted by atomic mass is 9.93. The van der Waals surface area contributed by atoms with E-state index in [1.807, 2.05) is 0 Å². The zero-order valence-electron chi connectivity index (χ0n) is 13.7. The number of carbonyl (C=O) groups is 2. The van der Waals surface area contributed by atoms with Gasteiger partial charge in [0.15, 0.2) is 0 Å². The van der Waals surface area contributed by atoms with Crippen LogP contribution in [-0.2, 0) is 0 Å². The number of carboxylic acids is 2. The van der Waals surface area contributed by atoms with E-state index in [9.17, 15) is 30.0 Å². The van der Waals surface area contributed by atoms with Crippen molar-refractivity contribution in [2.75, 3.05) is 6.54 Å². The molecule has 0 spiro atoms. The number of nitrogens with two attached hydrogens (primary N) is 1. The lowest BCUT2D eigenvalue weighted by Gasteiger charge is -2.14. The van der Waals surface area contributed by atoms with Gasteiger partial charge in [0.05, 0.1) is 10.0 Å². The highest BCUT2D eigenvalue weighted by atomic mass is 35.5. The number of halogens is 2. The highest BCUT2D eigenvalue weighted by molar-refractivity contribution is 6.33. The first kappa shape index (κ1) is 20.6. The Morgan fingerprint density at radius 2 is 1.30 bits per heavy atom. The number of rotatable bonds is 6. The quantitative estimate of drug-likeness (QED) is 0.488. The smallest absolute Gasteiger partial charge is 0.339 e. The van der Waals surface area contributed by atoms with E-state index in [0.717, 1.165) is 0 Å². The summed E-state index contributed by atoms with van der Waals surface area (Å²) in [6.07, 6.45) is 2.04. The number of aromatic hydroxyl groups is 2. The van der Waals surface area contributed by atoms with Gasteiger partial charge in [-0.05, 0) is 53.9 Å². The summed E-state index contributed by atoms with van der Waals surface area (Å²) >= 11 is 11.9. The minimum absolute atomic E-state index is 0.188. The summed E-state index contributed by atoms with van der Waals surface area (Å²) in [5.74, 6) is -3.93. The molecule has 0 saturated heterocycles. The standard InChI is InChI=1S/C18H15Cl2NO6/c19-13-6-8(4-11(15(13)22)17(24)25)10(2-1-3-21)9-5-12(18(26)27)16(23)14(20)7-9/h2,4-7,22-23H,1,3,21H2,(H,24,25)(H,26,27). The minimum Gasteiger partial charge on any atom is -0.505 e. The molecule has 2 rings (SSSR count). The number of hydrogen-bond acceptors (Lipinski definition) is 5. The predicted molar refractivity (Wildman–Crippen MR) is 101 cm³/mol. The molecule has 0 fully saturated rings. The highest BCUT2D eigenvalue weighted by Gasteiger charge is 2.20. The molecule has 9 heteroatoms. The molecule has 6 N–H and O–H groups in total. The van der Waals surface area contributed by atoms with Crippen molar-refractivity contribution in [1.82, 2.24) is 0 Å². The molecule has 0 aliphatic rings. The second kappa shape index (κ2) is 8.30. The molecule has 0 aliphatic carbocycles. The molecule has 0 bridgehead atoms. The van der Waals surface area contributed by atoms with Gasteiger partial charge in [0.1, 0.15) is 22.6 Å². The largest absolute Gasteiger partial charge is 0.505 e. The van der Waals surface area contributed by atoms with E-state index >= 15 is 0 Å². The fourth-order valence-electron chi connectivity index (χ4n) is 2.47. The van der Waals surface area contributed by atoms with Crippen LogP contribution in [0.15, 0.2) is 30.3 Å². The van der Waals surface area contributed by atoms with Crippen molar-refractivity contribution < 1.29 is 30.0 Å². The maximum atomic E-state index is 11.4.